The third-order valence-corrected chi connectivity index (χ3v) is 3.64. The molecule has 3 N–H and O–H groups in total. The molecule has 0 amide bonds. The number of hydrogen-bond donors (Lipinski definition) is 2. The molecule has 1 heterocycles. The van der Waals surface area contributed by atoms with Crippen LogP contribution in [-0.4, -0.2) is 29.3 Å². The van der Waals surface area contributed by atoms with Gasteiger partial charge in [0.1, 0.15) is 5.82 Å². The minimum atomic E-state index is 0.171. The van der Waals surface area contributed by atoms with Gasteiger partial charge in [0, 0.05) is 24.8 Å². The molecule has 1 aliphatic rings. The highest BCUT2D eigenvalue weighted by Gasteiger charge is 2.23. The lowest BCUT2D eigenvalue weighted by Gasteiger charge is -2.30. The topological polar surface area (TPSA) is 62.4 Å². The normalized spacial score (nSPS) is 16.2. The Labute approximate surface area is 109 Å². The summed E-state index contributed by atoms with van der Waals surface area (Å²) in [4.78, 5) is 6.85. The summed E-state index contributed by atoms with van der Waals surface area (Å²) < 4.78 is 0. The molecular weight excluding hydrogens is 226 g/mol. The quantitative estimate of drug-likeness (QED) is 0.832. The van der Waals surface area contributed by atoms with Gasteiger partial charge in [-0.15, -0.1) is 0 Å². The van der Waals surface area contributed by atoms with Gasteiger partial charge in [0.05, 0.1) is 6.61 Å². The number of anilines is 1. The molecule has 0 saturated heterocycles. The molecule has 18 heavy (non-hydrogen) atoms. The molecule has 1 aliphatic carbocycles. The molecule has 4 nitrogen and oxygen atoms in total. The van der Waals surface area contributed by atoms with Crippen LogP contribution in [0.25, 0.3) is 0 Å². The van der Waals surface area contributed by atoms with Gasteiger partial charge < -0.3 is 15.7 Å². The summed E-state index contributed by atoms with van der Waals surface area (Å²) in [7, 11) is 0. The van der Waals surface area contributed by atoms with Crippen LogP contribution in [0.15, 0.2) is 12.1 Å². The lowest BCUT2D eigenvalue weighted by Crippen LogP contribution is -2.36. The van der Waals surface area contributed by atoms with Gasteiger partial charge in [-0.25, -0.2) is 4.98 Å². The first-order valence-electron chi connectivity index (χ1n) is 6.79. The molecule has 0 unspecified atom stereocenters. The lowest BCUT2D eigenvalue weighted by atomic mass is 10.1. The summed E-state index contributed by atoms with van der Waals surface area (Å²) in [6.45, 7) is 3.36. The van der Waals surface area contributed by atoms with Crippen molar-refractivity contribution in [2.24, 2.45) is 5.73 Å². The molecule has 1 aromatic rings. The SMILES string of the molecule is Cc1cc(CN)cc(N(CCO)C2CCCC2)n1. The fourth-order valence-electron chi connectivity index (χ4n) is 2.79. The number of hydrogen-bond acceptors (Lipinski definition) is 4. The number of nitrogens with two attached hydrogens (primary N) is 1. The molecule has 1 fully saturated rings. The second-order valence-corrected chi connectivity index (χ2v) is 5.03. The van der Waals surface area contributed by atoms with Gasteiger partial charge in [-0.05, 0) is 37.5 Å². The van der Waals surface area contributed by atoms with Crippen molar-refractivity contribution in [1.29, 1.82) is 0 Å². The van der Waals surface area contributed by atoms with E-state index < -0.39 is 0 Å². The Bertz CT molecular complexity index is 389. The standard InChI is InChI=1S/C14H23N3O/c1-11-8-12(10-15)9-14(16-11)17(6-7-18)13-4-2-3-5-13/h8-9,13,18H,2-7,10,15H2,1H3. The lowest BCUT2D eigenvalue weighted by molar-refractivity contribution is 0.297. The van der Waals surface area contributed by atoms with E-state index in [0.717, 1.165) is 17.1 Å². The fraction of sp³-hybridized carbons (Fsp3) is 0.643. The van der Waals surface area contributed by atoms with E-state index in [0.29, 0.717) is 19.1 Å². The van der Waals surface area contributed by atoms with E-state index in [-0.39, 0.29) is 6.61 Å². The summed E-state index contributed by atoms with van der Waals surface area (Å²) in [6, 6.07) is 4.60. The number of nitrogens with zero attached hydrogens (tertiary/aromatic N) is 2. The maximum Gasteiger partial charge on any atom is 0.129 e. The van der Waals surface area contributed by atoms with E-state index in [1.54, 1.807) is 0 Å². The minimum absolute atomic E-state index is 0.171. The Hall–Kier alpha value is -1.13. The summed E-state index contributed by atoms with van der Waals surface area (Å²) in [5.41, 5.74) is 7.82. The maximum absolute atomic E-state index is 9.26. The average Bonchev–Trinajstić information content (AvgIpc) is 2.88. The first-order chi connectivity index (χ1) is 8.74. The number of aromatic nitrogens is 1. The van der Waals surface area contributed by atoms with Crippen LogP contribution in [0.2, 0.25) is 0 Å². The van der Waals surface area contributed by atoms with Crippen molar-refractivity contribution in [2.75, 3.05) is 18.1 Å². The van der Waals surface area contributed by atoms with E-state index >= 15 is 0 Å². The third kappa shape index (κ3) is 3.00. The second kappa shape index (κ2) is 6.16. The molecular formula is C14H23N3O. The van der Waals surface area contributed by atoms with Crippen LogP contribution < -0.4 is 10.6 Å². The largest absolute Gasteiger partial charge is 0.395 e. The van der Waals surface area contributed by atoms with Crippen LogP contribution in [-0.2, 0) is 6.54 Å². The van der Waals surface area contributed by atoms with Gasteiger partial charge in [0.25, 0.3) is 0 Å². The molecule has 4 heteroatoms. The van der Waals surface area contributed by atoms with E-state index in [9.17, 15) is 5.11 Å². The molecule has 1 saturated carbocycles. The fourth-order valence-corrected chi connectivity index (χ4v) is 2.79. The summed E-state index contributed by atoms with van der Waals surface area (Å²) in [5.74, 6) is 0.969. The molecule has 0 radical (unpaired) electrons. The Morgan fingerprint density at radius 1 is 1.39 bits per heavy atom. The van der Waals surface area contributed by atoms with Gasteiger partial charge in [-0.1, -0.05) is 12.8 Å². The molecule has 0 aromatic carbocycles. The highest BCUT2D eigenvalue weighted by Crippen LogP contribution is 2.27. The molecule has 0 atom stereocenters. The smallest absolute Gasteiger partial charge is 0.129 e. The van der Waals surface area contributed by atoms with E-state index in [1.165, 1.54) is 25.7 Å². The third-order valence-electron chi connectivity index (χ3n) is 3.64. The maximum atomic E-state index is 9.26. The summed E-state index contributed by atoms with van der Waals surface area (Å²) in [5, 5.41) is 9.26. The predicted octanol–water partition coefficient (Wildman–Crippen LogP) is 1.59. The van der Waals surface area contributed by atoms with Crippen molar-refractivity contribution in [2.45, 2.75) is 45.2 Å². The van der Waals surface area contributed by atoms with Crippen LogP contribution >= 0.6 is 0 Å². The number of aliphatic hydroxyl groups excluding tert-OH is 1. The van der Waals surface area contributed by atoms with Crippen LogP contribution in [0.3, 0.4) is 0 Å². The summed E-state index contributed by atoms with van der Waals surface area (Å²) in [6.07, 6.45) is 4.96. The monoisotopic (exact) mass is 249 g/mol. The Balaban J connectivity index is 2.25. The predicted molar refractivity (Wildman–Crippen MR) is 73.6 cm³/mol. The van der Waals surface area contributed by atoms with Crippen molar-refractivity contribution >= 4 is 5.82 Å². The van der Waals surface area contributed by atoms with E-state index in [4.69, 9.17) is 5.73 Å². The first-order valence-corrected chi connectivity index (χ1v) is 6.79. The van der Waals surface area contributed by atoms with E-state index in [2.05, 4.69) is 16.0 Å². The van der Waals surface area contributed by atoms with Crippen LogP contribution in [0, 0.1) is 6.92 Å². The van der Waals surface area contributed by atoms with E-state index in [1.807, 2.05) is 13.0 Å². The number of aryl methyl sites for hydroxylation is 1. The zero-order chi connectivity index (χ0) is 13.0. The second-order valence-electron chi connectivity index (χ2n) is 5.03. The first kappa shape index (κ1) is 13.3. The zero-order valence-electron chi connectivity index (χ0n) is 11.1. The highest BCUT2D eigenvalue weighted by atomic mass is 16.3. The summed E-state index contributed by atoms with van der Waals surface area (Å²) >= 11 is 0. The van der Waals surface area contributed by atoms with Gasteiger partial charge in [-0.3, -0.25) is 0 Å². The van der Waals surface area contributed by atoms with Crippen molar-refractivity contribution in [1.82, 2.24) is 4.98 Å². The number of aliphatic hydroxyl groups is 1. The molecule has 2 rings (SSSR count). The Morgan fingerprint density at radius 2 is 2.11 bits per heavy atom. The highest BCUT2D eigenvalue weighted by molar-refractivity contribution is 5.44. The van der Waals surface area contributed by atoms with Crippen LogP contribution in [0.5, 0.6) is 0 Å². The van der Waals surface area contributed by atoms with Crippen molar-refractivity contribution < 1.29 is 5.11 Å². The number of rotatable bonds is 5. The molecule has 100 valence electrons. The minimum Gasteiger partial charge on any atom is -0.395 e. The molecule has 1 aromatic heterocycles. The zero-order valence-corrected chi connectivity index (χ0v) is 11.1. The van der Waals surface area contributed by atoms with Crippen LogP contribution in [0.1, 0.15) is 36.9 Å². The Kier molecular flexibility index (Phi) is 4.55. The van der Waals surface area contributed by atoms with Gasteiger partial charge in [0.15, 0.2) is 0 Å². The molecule has 0 bridgehead atoms. The van der Waals surface area contributed by atoms with Crippen molar-refractivity contribution in [3.63, 3.8) is 0 Å². The van der Waals surface area contributed by atoms with Crippen LogP contribution in [0.4, 0.5) is 5.82 Å². The molecule has 0 aliphatic heterocycles. The van der Waals surface area contributed by atoms with Gasteiger partial charge >= 0.3 is 0 Å². The molecule has 0 spiro atoms. The number of pyridine rings is 1. The Morgan fingerprint density at radius 3 is 2.72 bits per heavy atom. The van der Waals surface area contributed by atoms with Crippen molar-refractivity contribution in [3.8, 4) is 0 Å². The van der Waals surface area contributed by atoms with Gasteiger partial charge in [0.2, 0.25) is 0 Å². The average molecular weight is 249 g/mol. The van der Waals surface area contributed by atoms with Crippen molar-refractivity contribution in [3.05, 3.63) is 23.4 Å². The van der Waals surface area contributed by atoms with Gasteiger partial charge in [-0.2, -0.15) is 0 Å².